The van der Waals surface area contributed by atoms with E-state index >= 15 is 0 Å². The van der Waals surface area contributed by atoms with Crippen molar-refractivity contribution in [3.63, 3.8) is 0 Å². The molecular weight excluding hydrogens is 352 g/mol. The van der Waals surface area contributed by atoms with Crippen LogP contribution in [0.15, 0.2) is 22.8 Å². The summed E-state index contributed by atoms with van der Waals surface area (Å²) in [6.07, 6.45) is 10.4. The van der Waals surface area contributed by atoms with E-state index in [-0.39, 0.29) is 6.23 Å². The Morgan fingerprint density at radius 1 is 1.52 bits per heavy atom. The Bertz CT molecular complexity index is 674. The van der Waals surface area contributed by atoms with Gasteiger partial charge in [0.15, 0.2) is 6.23 Å². The third-order valence-corrected chi connectivity index (χ3v) is 4.94. The summed E-state index contributed by atoms with van der Waals surface area (Å²) >= 11 is 10.1. The number of hydrogen-bond donors (Lipinski definition) is 0. The fourth-order valence-electron chi connectivity index (χ4n) is 2.67. The molecule has 0 radical (unpaired) electrons. The van der Waals surface area contributed by atoms with Gasteiger partial charge in [-0.05, 0) is 47.7 Å². The van der Waals surface area contributed by atoms with Gasteiger partial charge in [0.05, 0.1) is 16.7 Å². The van der Waals surface area contributed by atoms with Gasteiger partial charge in [-0.2, -0.15) is 5.10 Å². The number of halogens is 2. The SMILES string of the molecule is CC/C=C\c1c(Cl)cc2c(cnn2C2CCCCO2)c1Br. The van der Waals surface area contributed by atoms with E-state index in [0.29, 0.717) is 0 Å². The maximum absolute atomic E-state index is 6.45. The Morgan fingerprint density at radius 2 is 2.38 bits per heavy atom. The first kappa shape index (κ1) is 15.1. The van der Waals surface area contributed by atoms with Crippen LogP contribution in [-0.4, -0.2) is 16.4 Å². The summed E-state index contributed by atoms with van der Waals surface area (Å²) in [5, 5.41) is 6.33. The number of nitrogens with zero attached hydrogens (tertiary/aromatic N) is 2. The molecule has 1 fully saturated rings. The van der Waals surface area contributed by atoms with Gasteiger partial charge in [-0.1, -0.05) is 30.7 Å². The van der Waals surface area contributed by atoms with Crippen LogP contribution >= 0.6 is 27.5 Å². The van der Waals surface area contributed by atoms with Crippen molar-refractivity contribution in [1.82, 2.24) is 9.78 Å². The minimum Gasteiger partial charge on any atom is -0.356 e. The molecule has 0 aliphatic carbocycles. The molecule has 0 saturated carbocycles. The fourth-order valence-corrected chi connectivity index (χ4v) is 3.69. The van der Waals surface area contributed by atoms with Crippen molar-refractivity contribution < 1.29 is 4.74 Å². The second kappa shape index (κ2) is 6.51. The highest BCUT2D eigenvalue weighted by atomic mass is 79.9. The molecule has 5 heteroatoms. The first-order chi connectivity index (χ1) is 10.2. The number of ether oxygens (including phenoxy) is 1. The second-order valence-electron chi connectivity index (χ2n) is 5.24. The Balaban J connectivity index is 2.08. The molecule has 1 unspecified atom stereocenters. The Labute approximate surface area is 138 Å². The summed E-state index contributed by atoms with van der Waals surface area (Å²) in [4.78, 5) is 0. The summed E-state index contributed by atoms with van der Waals surface area (Å²) in [6.45, 7) is 2.91. The molecule has 1 aromatic carbocycles. The minimum absolute atomic E-state index is 0.0243. The molecule has 112 valence electrons. The van der Waals surface area contributed by atoms with E-state index in [1.807, 2.05) is 16.9 Å². The van der Waals surface area contributed by atoms with E-state index < -0.39 is 0 Å². The normalized spacial score (nSPS) is 19.7. The molecular formula is C16H18BrClN2O. The number of aromatic nitrogens is 2. The summed E-state index contributed by atoms with van der Waals surface area (Å²) < 4.78 is 8.79. The first-order valence-corrected chi connectivity index (χ1v) is 8.52. The van der Waals surface area contributed by atoms with Crippen LogP contribution in [0.1, 0.15) is 44.4 Å². The van der Waals surface area contributed by atoms with Crippen molar-refractivity contribution in [2.45, 2.75) is 38.8 Å². The van der Waals surface area contributed by atoms with Gasteiger partial charge < -0.3 is 4.74 Å². The molecule has 2 aromatic rings. The summed E-state index contributed by atoms with van der Waals surface area (Å²) in [5.74, 6) is 0. The van der Waals surface area contributed by atoms with Crippen LogP contribution in [0.2, 0.25) is 5.02 Å². The number of hydrogen-bond acceptors (Lipinski definition) is 2. The number of allylic oxidation sites excluding steroid dienone is 1. The van der Waals surface area contributed by atoms with Gasteiger partial charge in [-0.15, -0.1) is 0 Å². The average Bonchev–Trinajstić information content (AvgIpc) is 2.92. The highest BCUT2D eigenvalue weighted by Crippen LogP contribution is 2.36. The zero-order valence-corrected chi connectivity index (χ0v) is 14.3. The van der Waals surface area contributed by atoms with Crippen molar-refractivity contribution in [2.75, 3.05) is 6.61 Å². The lowest BCUT2D eigenvalue weighted by molar-refractivity contribution is -0.0366. The molecule has 3 nitrogen and oxygen atoms in total. The molecule has 1 aromatic heterocycles. The molecule has 2 heterocycles. The lowest BCUT2D eigenvalue weighted by Crippen LogP contribution is -2.18. The number of benzene rings is 1. The molecule has 1 saturated heterocycles. The molecule has 21 heavy (non-hydrogen) atoms. The van der Waals surface area contributed by atoms with Crippen LogP contribution in [-0.2, 0) is 4.74 Å². The third-order valence-electron chi connectivity index (χ3n) is 3.78. The Kier molecular flexibility index (Phi) is 4.67. The Hall–Kier alpha value is -0.840. The maximum Gasteiger partial charge on any atom is 0.150 e. The molecule has 1 aliphatic rings. The van der Waals surface area contributed by atoms with E-state index in [4.69, 9.17) is 16.3 Å². The standard InChI is InChI=1S/C16H18BrClN2O/c1-2-3-6-11-13(18)9-14-12(16(11)17)10-19-20(14)15-7-4-5-8-21-15/h3,6,9-10,15H,2,4-5,7-8H2,1H3/b6-3-. The fraction of sp³-hybridized carbons (Fsp3) is 0.438. The van der Waals surface area contributed by atoms with Crippen LogP contribution in [0.4, 0.5) is 0 Å². The minimum atomic E-state index is 0.0243. The van der Waals surface area contributed by atoms with Crippen molar-refractivity contribution in [1.29, 1.82) is 0 Å². The van der Waals surface area contributed by atoms with E-state index in [1.165, 1.54) is 6.42 Å². The monoisotopic (exact) mass is 368 g/mol. The second-order valence-corrected chi connectivity index (χ2v) is 6.44. The first-order valence-electron chi connectivity index (χ1n) is 7.35. The largest absolute Gasteiger partial charge is 0.356 e. The van der Waals surface area contributed by atoms with Gasteiger partial charge in [-0.25, -0.2) is 4.68 Å². The van der Waals surface area contributed by atoms with Crippen LogP contribution in [0.3, 0.4) is 0 Å². The number of rotatable bonds is 3. The lowest BCUT2D eigenvalue weighted by atomic mass is 10.1. The molecule has 1 atom stereocenters. The van der Waals surface area contributed by atoms with Crippen molar-refractivity contribution in [3.8, 4) is 0 Å². The van der Waals surface area contributed by atoms with E-state index in [1.54, 1.807) is 0 Å². The average molecular weight is 370 g/mol. The summed E-state index contributed by atoms with van der Waals surface area (Å²) in [7, 11) is 0. The predicted molar refractivity (Wildman–Crippen MR) is 90.6 cm³/mol. The number of fused-ring (bicyclic) bond motifs is 1. The quantitative estimate of drug-likeness (QED) is 0.706. The van der Waals surface area contributed by atoms with E-state index in [9.17, 15) is 0 Å². The summed E-state index contributed by atoms with van der Waals surface area (Å²) in [6, 6.07) is 1.99. The van der Waals surface area contributed by atoms with E-state index in [0.717, 1.165) is 51.8 Å². The van der Waals surface area contributed by atoms with Crippen LogP contribution in [0.5, 0.6) is 0 Å². The van der Waals surface area contributed by atoms with Crippen LogP contribution in [0.25, 0.3) is 17.0 Å². The molecule has 0 spiro atoms. The van der Waals surface area contributed by atoms with Gasteiger partial charge >= 0.3 is 0 Å². The highest BCUT2D eigenvalue weighted by Gasteiger charge is 2.20. The molecule has 0 amide bonds. The smallest absolute Gasteiger partial charge is 0.150 e. The molecule has 0 N–H and O–H groups in total. The van der Waals surface area contributed by atoms with Gasteiger partial charge in [0.2, 0.25) is 0 Å². The van der Waals surface area contributed by atoms with Gasteiger partial charge in [-0.3, -0.25) is 0 Å². The van der Waals surface area contributed by atoms with Gasteiger partial charge in [0.1, 0.15) is 0 Å². The topological polar surface area (TPSA) is 27.1 Å². The third kappa shape index (κ3) is 2.89. The van der Waals surface area contributed by atoms with Gasteiger partial charge in [0, 0.05) is 22.0 Å². The maximum atomic E-state index is 6.45. The van der Waals surface area contributed by atoms with Crippen LogP contribution in [0, 0.1) is 0 Å². The molecule has 3 rings (SSSR count). The highest BCUT2D eigenvalue weighted by molar-refractivity contribution is 9.10. The van der Waals surface area contributed by atoms with Crippen LogP contribution < -0.4 is 0 Å². The predicted octanol–water partition coefficient (Wildman–Crippen LogP) is 5.57. The Morgan fingerprint density at radius 3 is 3.10 bits per heavy atom. The van der Waals surface area contributed by atoms with Crippen molar-refractivity contribution >= 4 is 44.5 Å². The van der Waals surface area contributed by atoms with Crippen molar-refractivity contribution in [2.24, 2.45) is 0 Å². The van der Waals surface area contributed by atoms with Crippen molar-refractivity contribution in [3.05, 3.63) is 33.4 Å². The molecule has 1 aliphatic heterocycles. The van der Waals surface area contributed by atoms with E-state index in [2.05, 4.69) is 40.1 Å². The molecule has 0 bridgehead atoms. The zero-order chi connectivity index (χ0) is 14.8. The van der Waals surface area contributed by atoms with Gasteiger partial charge in [0.25, 0.3) is 0 Å². The lowest BCUT2D eigenvalue weighted by Gasteiger charge is -2.23. The zero-order valence-electron chi connectivity index (χ0n) is 12.0. The summed E-state index contributed by atoms with van der Waals surface area (Å²) in [5.41, 5.74) is 2.03.